The summed E-state index contributed by atoms with van der Waals surface area (Å²) in [5.74, 6) is 2.71. The van der Waals surface area contributed by atoms with Crippen molar-refractivity contribution in [3.05, 3.63) is 29.3 Å². The molecule has 2 heterocycles. The van der Waals surface area contributed by atoms with Crippen LogP contribution < -0.4 is 5.32 Å². The molecule has 1 amide bonds. The minimum atomic E-state index is 0.109. The van der Waals surface area contributed by atoms with Gasteiger partial charge in [0.2, 0.25) is 5.91 Å². The first-order valence-electron chi connectivity index (χ1n) is 8.03. The van der Waals surface area contributed by atoms with Crippen molar-refractivity contribution < 1.29 is 4.79 Å². The van der Waals surface area contributed by atoms with E-state index in [9.17, 15) is 4.79 Å². The van der Waals surface area contributed by atoms with Crippen LogP contribution >= 0.6 is 23.1 Å². The number of rotatable bonds is 6. The van der Waals surface area contributed by atoms with Gasteiger partial charge >= 0.3 is 0 Å². The third-order valence-corrected chi connectivity index (χ3v) is 6.67. The molecule has 0 radical (unpaired) electrons. The molecule has 124 valence electrons. The molecule has 6 heteroatoms. The zero-order valence-corrected chi connectivity index (χ0v) is 15.3. The standard InChI is InChI=1S/C17H23N3OS2/c1-12(17-19-14-5-3-4-6-15(14)23-17)9-18-16(21)10-20(2)13-7-8-22-11-13/h3-6,12-13H,7-11H2,1-2H3,(H,18,21). The lowest BCUT2D eigenvalue weighted by molar-refractivity contribution is -0.122. The molecule has 0 aliphatic carbocycles. The highest BCUT2D eigenvalue weighted by molar-refractivity contribution is 7.99. The Morgan fingerprint density at radius 2 is 2.30 bits per heavy atom. The number of aromatic nitrogens is 1. The van der Waals surface area contributed by atoms with E-state index in [-0.39, 0.29) is 11.8 Å². The van der Waals surface area contributed by atoms with Crippen molar-refractivity contribution in [1.82, 2.24) is 15.2 Å². The van der Waals surface area contributed by atoms with Gasteiger partial charge in [-0.05, 0) is 31.4 Å². The van der Waals surface area contributed by atoms with Gasteiger partial charge in [-0.3, -0.25) is 9.69 Å². The van der Waals surface area contributed by atoms with Crippen LogP contribution in [0.15, 0.2) is 24.3 Å². The van der Waals surface area contributed by atoms with E-state index in [1.165, 1.54) is 16.9 Å². The van der Waals surface area contributed by atoms with Gasteiger partial charge in [-0.1, -0.05) is 19.1 Å². The summed E-state index contributed by atoms with van der Waals surface area (Å²) in [6.07, 6.45) is 1.19. The van der Waals surface area contributed by atoms with Crippen LogP contribution in [-0.2, 0) is 4.79 Å². The van der Waals surface area contributed by atoms with Crippen LogP contribution in [0.2, 0.25) is 0 Å². The van der Waals surface area contributed by atoms with Gasteiger partial charge in [0.05, 0.1) is 21.8 Å². The Bertz CT molecular complexity index is 634. The van der Waals surface area contributed by atoms with Crippen LogP contribution in [0.5, 0.6) is 0 Å². The second kappa shape index (κ2) is 7.64. The fraction of sp³-hybridized carbons (Fsp3) is 0.529. The number of carbonyl (C=O) groups excluding carboxylic acids is 1. The fourth-order valence-corrected chi connectivity index (χ4v) is 5.05. The van der Waals surface area contributed by atoms with Crippen LogP contribution in [0.25, 0.3) is 10.2 Å². The number of amides is 1. The summed E-state index contributed by atoms with van der Waals surface area (Å²) < 4.78 is 1.21. The predicted molar refractivity (Wildman–Crippen MR) is 99.4 cm³/mol. The Morgan fingerprint density at radius 1 is 1.48 bits per heavy atom. The zero-order chi connectivity index (χ0) is 16.2. The quantitative estimate of drug-likeness (QED) is 0.871. The maximum absolute atomic E-state index is 12.1. The van der Waals surface area contributed by atoms with Crippen molar-refractivity contribution in [2.24, 2.45) is 0 Å². The number of fused-ring (bicyclic) bond motifs is 1. The maximum atomic E-state index is 12.1. The van der Waals surface area contributed by atoms with Gasteiger partial charge in [0.1, 0.15) is 0 Å². The van der Waals surface area contributed by atoms with E-state index < -0.39 is 0 Å². The number of para-hydroxylation sites is 1. The molecule has 1 saturated heterocycles. The highest BCUT2D eigenvalue weighted by Gasteiger charge is 2.22. The summed E-state index contributed by atoms with van der Waals surface area (Å²) in [7, 11) is 2.05. The van der Waals surface area contributed by atoms with Gasteiger partial charge in [-0.2, -0.15) is 11.8 Å². The largest absolute Gasteiger partial charge is 0.354 e. The van der Waals surface area contributed by atoms with Crippen LogP contribution in [0, 0.1) is 0 Å². The second-order valence-corrected chi connectivity index (χ2v) is 8.37. The summed E-state index contributed by atoms with van der Waals surface area (Å²) >= 11 is 3.69. The first-order chi connectivity index (χ1) is 11.1. The Balaban J connectivity index is 1.49. The van der Waals surface area contributed by atoms with Gasteiger partial charge in [0, 0.05) is 24.3 Å². The summed E-state index contributed by atoms with van der Waals surface area (Å²) in [6, 6.07) is 8.72. The molecule has 1 aliphatic heterocycles. The summed E-state index contributed by atoms with van der Waals surface area (Å²) in [6.45, 7) is 3.25. The molecule has 1 aromatic carbocycles. The van der Waals surface area contributed by atoms with E-state index >= 15 is 0 Å². The number of nitrogens with one attached hydrogen (secondary N) is 1. The number of benzene rings is 1. The van der Waals surface area contributed by atoms with E-state index in [0.717, 1.165) is 16.3 Å². The monoisotopic (exact) mass is 349 g/mol. The third-order valence-electron chi connectivity index (χ3n) is 4.26. The van der Waals surface area contributed by atoms with E-state index in [0.29, 0.717) is 19.1 Å². The summed E-state index contributed by atoms with van der Waals surface area (Å²) in [4.78, 5) is 19.0. The van der Waals surface area contributed by atoms with Crippen LogP contribution in [0.3, 0.4) is 0 Å². The number of thioether (sulfide) groups is 1. The Labute approximate surface area is 145 Å². The fourth-order valence-electron chi connectivity index (χ4n) is 2.74. The zero-order valence-electron chi connectivity index (χ0n) is 13.6. The molecule has 2 aromatic rings. The van der Waals surface area contributed by atoms with Crippen molar-refractivity contribution in [3.8, 4) is 0 Å². The summed E-state index contributed by atoms with van der Waals surface area (Å²) in [5, 5.41) is 4.15. The first-order valence-corrected chi connectivity index (χ1v) is 10.0. The number of nitrogens with zero attached hydrogens (tertiary/aromatic N) is 2. The topological polar surface area (TPSA) is 45.2 Å². The molecule has 1 fully saturated rings. The molecule has 23 heavy (non-hydrogen) atoms. The molecule has 2 atom stereocenters. The highest BCUT2D eigenvalue weighted by atomic mass is 32.2. The average molecular weight is 350 g/mol. The van der Waals surface area contributed by atoms with Gasteiger partial charge in [0.25, 0.3) is 0 Å². The number of hydrogen-bond acceptors (Lipinski definition) is 5. The molecule has 2 unspecified atom stereocenters. The number of carbonyl (C=O) groups is 1. The van der Waals surface area contributed by atoms with Crippen molar-refractivity contribution in [3.63, 3.8) is 0 Å². The van der Waals surface area contributed by atoms with Gasteiger partial charge in [0.15, 0.2) is 0 Å². The molecule has 0 spiro atoms. The minimum absolute atomic E-state index is 0.109. The van der Waals surface area contributed by atoms with E-state index in [2.05, 4.69) is 28.2 Å². The average Bonchev–Trinajstić information content (AvgIpc) is 3.21. The highest BCUT2D eigenvalue weighted by Crippen LogP contribution is 2.26. The van der Waals surface area contributed by atoms with Crippen LogP contribution in [-0.4, -0.2) is 53.5 Å². The molecule has 0 saturated carbocycles. The van der Waals surface area contributed by atoms with Crippen molar-refractivity contribution in [2.75, 3.05) is 31.6 Å². The molecule has 0 bridgehead atoms. The van der Waals surface area contributed by atoms with Crippen molar-refractivity contribution in [1.29, 1.82) is 0 Å². The maximum Gasteiger partial charge on any atom is 0.234 e. The Kier molecular flexibility index (Phi) is 5.56. The predicted octanol–water partition coefficient (Wildman–Crippen LogP) is 2.95. The Morgan fingerprint density at radius 3 is 3.04 bits per heavy atom. The number of thiazole rings is 1. The van der Waals surface area contributed by atoms with Gasteiger partial charge in [-0.25, -0.2) is 4.98 Å². The van der Waals surface area contributed by atoms with E-state index in [4.69, 9.17) is 0 Å². The molecular formula is C17H23N3OS2. The lowest BCUT2D eigenvalue weighted by Crippen LogP contribution is -2.41. The van der Waals surface area contributed by atoms with Gasteiger partial charge in [-0.15, -0.1) is 11.3 Å². The third kappa shape index (κ3) is 4.25. The van der Waals surface area contributed by atoms with Crippen molar-refractivity contribution in [2.45, 2.75) is 25.3 Å². The molecular weight excluding hydrogens is 326 g/mol. The number of hydrogen-bond donors (Lipinski definition) is 1. The van der Waals surface area contributed by atoms with Crippen LogP contribution in [0.4, 0.5) is 0 Å². The molecule has 1 aliphatic rings. The smallest absolute Gasteiger partial charge is 0.234 e. The van der Waals surface area contributed by atoms with Gasteiger partial charge < -0.3 is 5.32 Å². The normalized spacial score (nSPS) is 19.3. The minimum Gasteiger partial charge on any atom is -0.354 e. The number of likely N-dealkylation sites (N-methyl/N-ethyl adjacent to an activating group) is 1. The first kappa shape index (κ1) is 16.7. The molecule has 1 aromatic heterocycles. The SMILES string of the molecule is CC(CNC(=O)CN(C)C1CCSC1)c1nc2ccccc2s1. The lowest BCUT2D eigenvalue weighted by atomic mass is 10.2. The molecule has 1 N–H and O–H groups in total. The molecule has 3 rings (SSSR count). The molecule has 4 nitrogen and oxygen atoms in total. The van der Waals surface area contributed by atoms with E-state index in [1.807, 2.05) is 37.0 Å². The van der Waals surface area contributed by atoms with Crippen LogP contribution in [0.1, 0.15) is 24.3 Å². The Hall–Kier alpha value is -1.11. The summed E-state index contributed by atoms with van der Waals surface area (Å²) in [5.41, 5.74) is 1.05. The lowest BCUT2D eigenvalue weighted by Gasteiger charge is -2.23. The van der Waals surface area contributed by atoms with Crippen molar-refractivity contribution >= 4 is 39.2 Å². The second-order valence-electron chi connectivity index (χ2n) is 6.16. The van der Waals surface area contributed by atoms with E-state index in [1.54, 1.807) is 11.3 Å².